The quantitative estimate of drug-likeness (QED) is 0.464. The van der Waals surface area contributed by atoms with E-state index in [0.717, 1.165) is 17.9 Å². The molecule has 0 saturated carbocycles. The van der Waals surface area contributed by atoms with Gasteiger partial charge in [0.25, 0.3) is 0 Å². The maximum absolute atomic E-state index is 12.8. The third-order valence-corrected chi connectivity index (χ3v) is 6.36. The van der Waals surface area contributed by atoms with Crippen molar-refractivity contribution in [3.05, 3.63) is 83.6 Å². The smallest absolute Gasteiger partial charge is 0.205 e. The predicted octanol–water partition coefficient (Wildman–Crippen LogP) is 5.33. The molecule has 0 saturated heterocycles. The number of benzene rings is 3. The molecule has 5 rings (SSSR count). The van der Waals surface area contributed by atoms with Gasteiger partial charge in [-0.3, -0.25) is 5.32 Å². The molecule has 0 spiro atoms. The Balaban J connectivity index is 1.59. The van der Waals surface area contributed by atoms with Gasteiger partial charge in [-0.25, -0.2) is 0 Å². The van der Waals surface area contributed by atoms with Crippen molar-refractivity contribution in [1.82, 2.24) is 0 Å². The Hall–Kier alpha value is -3.66. The standard InChI is InChI=1S/C27H24N2O2/c1-4-29-22(16-20-25(30)23(26(20)31)28-18-11-6-5-7-12-18)27(2,3)21-15-14-17-10-8-9-13-19(17)24(21)29/h5-16,28H,4H2,1-3H3. The third kappa shape index (κ3) is 2.82. The van der Waals surface area contributed by atoms with Crippen molar-refractivity contribution in [3.8, 4) is 11.5 Å². The molecule has 0 unspecified atom stereocenters. The SMILES string of the molecule is CCN1C(=Cc2c([O-])[c+](Nc3ccccc3)[c+]2[O-])C(C)(C)c2ccc3ccccc3c21. The molecule has 4 nitrogen and oxygen atoms in total. The van der Waals surface area contributed by atoms with Gasteiger partial charge in [0.2, 0.25) is 5.69 Å². The zero-order chi connectivity index (χ0) is 21.8. The van der Waals surface area contributed by atoms with Crippen LogP contribution in [0.2, 0.25) is 0 Å². The van der Waals surface area contributed by atoms with E-state index in [1.54, 1.807) is 6.08 Å². The van der Waals surface area contributed by atoms with Crippen LogP contribution in [0, 0.1) is 0 Å². The molecule has 1 aliphatic rings. The van der Waals surface area contributed by atoms with Crippen molar-refractivity contribution in [2.45, 2.75) is 26.2 Å². The van der Waals surface area contributed by atoms with Crippen LogP contribution in [0.25, 0.3) is 16.8 Å². The molecule has 0 amide bonds. The molecule has 1 aliphatic heterocycles. The Morgan fingerprint density at radius 2 is 1.71 bits per heavy atom. The van der Waals surface area contributed by atoms with E-state index in [9.17, 15) is 10.2 Å². The lowest BCUT2D eigenvalue weighted by atomic mass is 9.82. The number of nitrogens with one attached hydrogen (secondary N) is 1. The van der Waals surface area contributed by atoms with E-state index < -0.39 is 0 Å². The Bertz CT molecular complexity index is 1270. The van der Waals surface area contributed by atoms with Gasteiger partial charge < -0.3 is 15.1 Å². The number of allylic oxidation sites excluding steroid dienone is 1. The molecule has 0 aliphatic carbocycles. The van der Waals surface area contributed by atoms with Crippen LogP contribution < -0.4 is 20.4 Å². The van der Waals surface area contributed by atoms with Crippen LogP contribution in [0.1, 0.15) is 31.9 Å². The normalized spacial score (nSPS) is 16.2. The first-order valence-electron chi connectivity index (χ1n) is 10.6. The molecule has 0 atom stereocenters. The molecular formula is C27H24N2O2. The van der Waals surface area contributed by atoms with E-state index in [2.05, 4.69) is 61.3 Å². The first-order valence-corrected chi connectivity index (χ1v) is 10.6. The summed E-state index contributed by atoms with van der Waals surface area (Å²) in [4.78, 5) is 2.24. The maximum Gasteiger partial charge on any atom is 0.205 e. The van der Waals surface area contributed by atoms with Crippen molar-refractivity contribution < 1.29 is 10.2 Å². The number of nitrogens with zero attached hydrogens (tertiary/aromatic N) is 1. The second-order valence-electron chi connectivity index (χ2n) is 8.52. The summed E-state index contributed by atoms with van der Waals surface area (Å²) in [6.07, 6.45) is 1.80. The predicted molar refractivity (Wildman–Crippen MR) is 124 cm³/mol. The molecule has 4 heteroatoms. The van der Waals surface area contributed by atoms with Gasteiger partial charge in [-0.15, -0.1) is 0 Å². The summed E-state index contributed by atoms with van der Waals surface area (Å²) >= 11 is 0. The third-order valence-electron chi connectivity index (χ3n) is 6.36. The zero-order valence-electron chi connectivity index (χ0n) is 17.9. The van der Waals surface area contributed by atoms with Crippen LogP contribution in [0.3, 0.4) is 0 Å². The van der Waals surface area contributed by atoms with Crippen molar-refractivity contribution >= 4 is 33.9 Å². The molecule has 1 N–H and O–H groups in total. The number of anilines is 3. The highest BCUT2D eigenvalue weighted by atomic mass is 16.3. The van der Waals surface area contributed by atoms with E-state index in [0.29, 0.717) is 0 Å². The average molecular weight is 409 g/mol. The topological polar surface area (TPSA) is 61.4 Å². The number of likely N-dealkylation sites (N-methyl/N-ethyl adjacent to an activating group) is 1. The Labute approximate surface area is 182 Å². The molecule has 154 valence electrons. The van der Waals surface area contributed by atoms with Crippen molar-refractivity contribution in [2.75, 3.05) is 16.8 Å². The fraction of sp³-hybridized carbons (Fsp3) is 0.185. The number of para-hydroxylation sites is 1. The summed E-state index contributed by atoms with van der Waals surface area (Å²) in [5.74, 6) is -0.456. The summed E-state index contributed by atoms with van der Waals surface area (Å²) in [6.45, 7) is 7.17. The molecule has 0 fully saturated rings. The van der Waals surface area contributed by atoms with E-state index in [4.69, 9.17) is 0 Å². The van der Waals surface area contributed by atoms with E-state index >= 15 is 0 Å². The van der Waals surface area contributed by atoms with Gasteiger partial charge in [-0.05, 0) is 31.7 Å². The van der Waals surface area contributed by atoms with Gasteiger partial charge >= 0.3 is 0 Å². The largest absolute Gasteiger partial charge is 0.811 e. The molecule has 0 bridgehead atoms. The summed E-state index contributed by atoms with van der Waals surface area (Å²) in [5.41, 5.74) is 4.18. The molecule has 4 aromatic rings. The van der Waals surface area contributed by atoms with E-state index in [1.165, 1.54) is 22.0 Å². The monoisotopic (exact) mass is 408 g/mol. The van der Waals surface area contributed by atoms with Crippen LogP contribution in [0.4, 0.5) is 17.1 Å². The number of fused-ring (bicyclic) bond motifs is 3. The van der Waals surface area contributed by atoms with Crippen LogP contribution in [-0.4, -0.2) is 6.54 Å². The highest BCUT2D eigenvalue weighted by molar-refractivity contribution is 6.01. The number of hydrogen-bond donors (Lipinski definition) is 1. The fourth-order valence-corrected chi connectivity index (χ4v) is 4.69. The van der Waals surface area contributed by atoms with Gasteiger partial charge in [0.1, 0.15) is 17.2 Å². The Kier molecular flexibility index (Phi) is 4.33. The molecule has 0 radical (unpaired) electrons. The van der Waals surface area contributed by atoms with Crippen LogP contribution >= 0.6 is 0 Å². The lowest BCUT2D eigenvalue weighted by Crippen LogP contribution is -2.26. The minimum atomic E-state index is -0.314. The Morgan fingerprint density at radius 1 is 1.00 bits per heavy atom. The number of hydrogen-bond acceptors (Lipinski definition) is 4. The molecule has 31 heavy (non-hydrogen) atoms. The van der Waals surface area contributed by atoms with E-state index in [1.807, 2.05) is 36.4 Å². The van der Waals surface area contributed by atoms with Gasteiger partial charge in [0.15, 0.2) is 5.56 Å². The van der Waals surface area contributed by atoms with Crippen molar-refractivity contribution in [1.29, 1.82) is 0 Å². The van der Waals surface area contributed by atoms with Crippen LogP contribution in [-0.2, 0) is 5.41 Å². The summed E-state index contributed by atoms with van der Waals surface area (Å²) in [6, 6.07) is 22.0. The first kappa shape index (κ1) is 19.3. The second kappa shape index (κ2) is 6.95. The minimum Gasteiger partial charge on any atom is -0.811 e. The van der Waals surface area contributed by atoms with Crippen LogP contribution in [0.5, 0.6) is 11.5 Å². The maximum atomic E-state index is 12.8. The minimum absolute atomic E-state index is 0.139. The Morgan fingerprint density at radius 3 is 2.42 bits per heavy atom. The summed E-state index contributed by atoms with van der Waals surface area (Å²) < 4.78 is 0. The fourth-order valence-electron chi connectivity index (χ4n) is 4.69. The first-order chi connectivity index (χ1) is 14.9. The molecular weight excluding hydrogens is 384 g/mol. The van der Waals surface area contributed by atoms with Gasteiger partial charge in [-0.1, -0.05) is 54.6 Å². The van der Waals surface area contributed by atoms with Crippen LogP contribution in [0.15, 0.2) is 72.4 Å². The summed E-state index contributed by atoms with van der Waals surface area (Å²) in [7, 11) is 0. The van der Waals surface area contributed by atoms with Crippen molar-refractivity contribution in [3.63, 3.8) is 0 Å². The average Bonchev–Trinajstić information content (AvgIpc) is 3.02. The highest BCUT2D eigenvalue weighted by Gasteiger charge is 2.43. The van der Waals surface area contributed by atoms with Crippen molar-refractivity contribution in [2.24, 2.45) is 0 Å². The van der Waals surface area contributed by atoms with Gasteiger partial charge in [0.05, 0.1) is 17.5 Å². The summed E-state index contributed by atoms with van der Waals surface area (Å²) in [5, 5.41) is 31.0. The molecule has 4 aromatic carbocycles. The lowest BCUT2D eigenvalue weighted by molar-refractivity contribution is -0.290. The highest BCUT2D eigenvalue weighted by Crippen LogP contribution is 2.53. The lowest BCUT2D eigenvalue weighted by Gasteiger charge is -2.26. The zero-order valence-corrected chi connectivity index (χ0v) is 17.9. The number of rotatable bonds is 4. The van der Waals surface area contributed by atoms with Gasteiger partial charge in [0, 0.05) is 29.5 Å². The molecule has 0 aromatic heterocycles. The molecule has 1 heterocycles. The second-order valence-corrected chi connectivity index (χ2v) is 8.52. The van der Waals surface area contributed by atoms with Gasteiger partial charge in [-0.2, -0.15) is 0 Å². The van der Waals surface area contributed by atoms with E-state index in [-0.39, 0.29) is 28.2 Å².